The first-order valence-electron chi connectivity index (χ1n) is 8.01. The van der Waals surface area contributed by atoms with Crippen molar-refractivity contribution in [2.24, 2.45) is 0 Å². The molecule has 0 aromatic carbocycles. The molecule has 144 valence electrons. The minimum absolute atomic E-state index is 0.303. The third-order valence-corrected chi connectivity index (χ3v) is 4.93. The summed E-state index contributed by atoms with van der Waals surface area (Å²) in [5, 5.41) is 0. The molecule has 0 aliphatic carbocycles. The van der Waals surface area contributed by atoms with Crippen LogP contribution in [0, 0.1) is 0 Å². The van der Waals surface area contributed by atoms with Gasteiger partial charge >= 0.3 is 11.9 Å². The summed E-state index contributed by atoms with van der Waals surface area (Å²) in [5.74, 6) is -0.812. The van der Waals surface area contributed by atoms with Crippen LogP contribution in [0.4, 0.5) is 0 Å². The van der Waals surface area contributed by atoms with Crippen LogP contribution in [-0.2, 0) is 20.9 Å². The van der Waals surface area contributed by atoms with Gasteiger partial charge in [0.2, 0.25) is 0 Å². The summed E-state index contributed by atoms with van der Waals surface area (Å²) in [6.07, 6.45) is 5.95. The molecular formula is C16H26N4O5Si. The number of aromatic nitrogens is 4. The second kappa shape index (κ2) is 10.5. The molecule has 0 radical (unpaired) electrons. The quantitative estimate of drug-likeness (QED) is 0.444. The fourth-order valence-corrected chi connectivity index (χ4v) is 2.47. The van der Waals surface area contributed by atoms with E-state index in [0.29, 0.717) is 24.7 Å². The molecule has 0 atom stereocenters. The molecule has 1 N–H and O–H groups in total. The largest absolute Gasteiger partial charge is 0.464 e. The lowest BCUT2D eigenvalue weighted by molar-refractivity contribution is 0.0539. The van der Waals surface area contributed by atoms with E-state index in [9.17, 15) is 9.59 Å². The molecule has 26 heavy (non-hydrogen) atoms. The number of hydrogen-bond acceptors (Lipinski definition) is 7. The summed E-state index contributed by atoms with van der Waals surface area (Å²) in [6.45, 7) is 7.96. The van der Waals surface area contributed by atoms with Gasteiger partial charge < -0.3 is 23.8 Å². The Bertz CT molecular complexity index is 679. The number of nitrogens with zero attached hydrogens (tertiary/aromatic N) is 3. The molecular weight excluding hydrogens is 356 g/mol. The van der Waals surface area contributed by atoms with Crippen molar-refractivity contribution in [1.29, 1.82) is 0 Å². The Kier molecular flexibility index (Phi) is 8.72. The van der Waals surface area contributed by atoms with E-state index in [0.717, 1.165) is 6.04 Å². The zero-order valence-electron chi connectivity index (χ0n) is 15.8. The molecule has 0 bridgehead atoms. The van der Waals surface area contributed by atoms with Gasteiger partial charge in [0.25, 0.3) is 0 Å². The summed E-state index contributed by atoms with van der Waals surface area (Å²) in [4.78, 5) is 32.1. The number of methoxy groups -OCH3 is 2. The molecule has 2 rings (SSSR count). The lowest BCUT2D eigenvalue weighted by Gasteiger charge is -2.15. The predicted octanol–water partition coefficient (Wildman–Crippen LogP) is 2.18. The first-order chi connectivity index (χ1) is 12.3. The molecule has 0 aliphatic heterocycles. The Hall–Kier alpha value is -2.46. The molecule has 2 aromatic heterocycles. The molecule has 0 unspecified atom stereocenters. The number of imidazole rings is 2. The smallest absolute Gasteiger partial charge is 0.358 e. The number of nitrogens with one attached hydrogen (secondary N) is 1. The highest BCUT2D eigenvalue weighted by molar-refractivity contribution is 6.76. The minimum atomic E-state index is -1.06. The van der Waals surface area contributed by atoms with E-state index < -0.39 is 20.0 Å². The number of rotatable bonds is 7. The average Bonchev–Trinajstić information content (AvgIpc) is 3.28. The fourth-order valence-electron chi connectivity index (χ4n) is 1.72. The molecule has 0 saturated carbocycles. The Morgan fingerprint density at radius 2 is 1.88 bits per heavy atom. The number of aromatic amines is 1. The van der Waals surface area contributed by atoms with Crippen LogP contribution in [0.25, 0.3) is 0 Å². The lowest BCUT2D eigenvalue weighted by atomic mass is 10.5. The predicted molar refractivity (Wildman–Crippen MR) is 97.6 cm³/mol. The van der Waals surface area contributed by atoms with Crippen molar-refractivity contribution in [1.82, 2.24) is 19.5 Å². The molecule has 2 aromatic rings. The van der Waals surface area contributed by atoms with Gasteiger partial charge in [-0.15, -0.1) is 0 Å². The second-order valence-electron chi connectivity index (χ2n) is 6.53. The fraction of sp³-hybridized carbons (Fsp3) is 0.500. The van der Waals surface area contributed by atoms with Crippen molar-refractivity contribution < 1.29 is 23.8 Å². The number of H-pyrrole nitrogens is 1. The summed E-state index contributed by atoms with van der Waals surface area (Å²) in [5.41, 5.74) is 0.720. The highest BCUT2D eigenvalue weighted by Crippen LogP contribution is 2.08. The molecule has 10 heteroatoms. The number of esters is 2. The molecule has 0 saturated heterocycles. The van der Waals surface area contributed by atoms with Gasteiger partial charge in [-0.05, 0) is 6.04 Å². The molecule has 0 amide bonds. The monoisotopic (exact) mass is 382 g/mol. The van der Waals surface area contributed by atoms with Gasteiger partial charge in [-0.3, -0.25) is 0 Å². The second-order valence-corrected chi connectivity index (χ2v) is 12.2. The van der Waals surface area contributed by atoms with Crippen molar-refractivity contribution in [3.63, 3.8) is 0 Å². The minimum Gasteiger partial charge on any atom is -0.464 e. The average molecular weight is 382 g/mol. The van der Waals surface area contributed by atoms with Gasteiger partial charge in [0, 0.05) is 20.9 Å². The van der Waals surface area contributed by atoms with Crippen LogP contribution in [0.1, 0.15) is 21.0 Å². The molecule has 0 aliphatic rings. The number of carbonyl (C=O) groups excluding carboxylic acids is 2. The van der Waals surface area contributed by atoms with E-state index in [1.54, 1.807) is 10.9 Å². The summed E-state index contributed by atoms with van der Waals surface area (Å²) in [7, 11) is 1.61. The van der Waals surface area contributed by atoms with E-state index >= 15 is 0 Å². The highest BCUT2D eigenvalue weighted by atomic mass is 28.3. The van der Waals surface area contributed by atoms with E-state index in [-0.39, 0.29) is 0 Å². The first kappa shape index (κ1) is 21.6. The molecule has 0 spiro atoms. The van der Waals surface area contributed by atoms with Crippen LogP contribution in [0.5, 0.6) is 0 Å². The Balaban J connectivity index is 0.000000314. The van der Waals surface area contributed by atoms with Gasteiger partial charge in [-0.1, -0.05) is 19.6 Å². The third-order valence-electron chi connectivity index (χ3n) is 3.23. The van der Waals surface area contributed by atoms with Crippen LogP contribution < -0.4 is 0 Å². The normalized spacial score (nSPS) is 10.7. The summed E-state index contributed by atoms with van der Waals surface area (Å²) in [6, 6.07) is 1.11. The van der Waals surface area contributed by atoms with E-state index in [1.165, 1.54) is 32.9 Å². The SMILES string of the molecule is COC(=O)c1c[nH]cn1.COC(=O)c1cncn1COCC[Si](C)(C)C. The summed E-state index contributed by atoms with van der Waals surface area (Å²) < 4.78 is 16.2. The van der Waals surface area contributed by atoms with E-state index in [4.69, 9.17) is 4.74 Å². The maximum Gasteiger partial charge on any atom is 0.358 e. The van der Waals surface area contributed by atoms with Gasteiger partial charge in [0.05, 0.1) is 33.1 Å². The summed E-state index contributed by atoms with van der Waals surface area (Å²) >= 11 is 0. The topological polar surface area (TPSA) is 108 Å². The Morgan fingerprint density at radius 1 is 1.19 bits per heavy atom. The van der Waals surface area contributed by atoms with Crippen LogP contribution in [0.3, 0.4) is 0 Å². The van der Waals surface area contributed by atoms with Crippen molar-refractivity contribution in [3.05, 3.63) is 36.4 Å². The molecule has 9 nitrogen and oxygen atoms in total. The first-order valence-corrected chi connectivity index (χ1v) is 11.7. The Labute approximate surface area is 153 Å². The standard InChI is InChI=1S/C11H20N2O3Si.C5H6N2O2/c1-15-11(14)10-7-12-8-13(10)9-16-5-6-17(2,3)4;1-9-5(8)4-2-6-3-7-4/h7-8H,5-6,9H2,1-4H3;2-3H,1H3,(H,6,7). The van der Waals surface area contributed by atoms with Gasteiger partial charge in [0.15, 0.2) is 5.69 Å². The van der Waals surface area contributed by atoms with Crippen molar-refractivity contribution in [2.75, 3.05) is 20.8 Å². The highest BCUT2D eigenvalue weighted by Gasteiger charge is 2.14. The Morgan fingerprint density at radius 3 is 2.42 bits per heavy atom. The zero-order chi connectivity index (χ0) is 19.6. The van der Waals surface area contributed by atoms with Gasteiger partial charge in [0.1, 0.15) is 12.4 Å². The van der Waals surface area contributed by atoms with Crippen molar-refractivity contribution in [2.45, 2.75) is 32.4 Å². The van der Waals surface area contributed by atoms with E-state index in [2.05, 4.69) is 44.1 Å². The van der Waals surface area contributed by atoms with Crippen molar-refractivity contribution >= 4 is 20.0 Å². The van der Waals surface area contributed by atoms with Crippen LogP contribution in [-0.4, -0.2) is 60.4 Å². The maximum absolute atomic E-state index is 11.4. The number of ether oxygens (including phenoxy) is 3. The molecule has 0 fully saturated rings. The third kappa shape index (κ3) is 7.62. The number of carbonyl (C=O) groups is 2. The number of hydrogen-bond donors (Lipinski definition) is 1. The van der Waals surface area contributed by atoms with Gasteiger partial charge in [-0.2, -0.15) is 0 Å². The van der Waals surface area contributed by atoms with Crippen LogP contribution >= 0.6 is 0 Å². The van der Waals surface area contributed by atoms with Gasteiger partial charge in [-0.25, -0.2) is 19.6 Å². The van der Waals surface area contributed by atoms with Crippen molar-refractivity contribution in [3.8, 4) is 0 Å². The zero-order valence-corrected chi connectivity index (χ0v) is 16.8. The molecule has 2 heterocycles. The lowest BCUT2D eigenvalue weighted by Crippen LogP contribution is -2.22. The van der Waals surface area contributed by atoms with E-state index in [1.807, 2.05) is 0 Å². The van der Waals surface area contributed by atoms with Crippen LogP contribution in [0.2, 0.25) is 25.7 Å². The maximum atomic E-state index is 11.4. The van der Waals surface area contributed by atoms with Crippen LogP contribution in [0.15, 0.2) is 25.0 Å².